The highest BCUT2D eigenvalue weighted by Gasteiger charge is 2.31. The first-order valence-corrected chi connectivity index (χ1v) is 16.3. The fraction of sp³-hybridized carbons (Fsp3) is 0.269. The molecule has 1 heterocycles. The lowest BCUT2D eigenvalue weighted by Gasteiger charge is -2.19. The standard InChI is InChI=1S/C26H25F3IN2O3PS/c1-26(28,29)21-12-16(27)4-7-18(21)25-23(35-17-5-2-15(3-6-17)14-34-11-10-33)19-8-9-22(32-36-30)20(13-31)24(19)37-25/h2,4-5,7-9,12-13,31-33,36H,3,6,10-11,14H2,1H3. The molecule has 37 heavy (non-hydrogen) atoms. The van der Waals surface area contributed by atoms with E-state index in [4.69, 9.17) is 20.0 Å². The predicted molar refractivity (Wildman–Crippen MR) is 155 cm³/mol. The SMILES string of the molecule is CC(F)(F)c1cc(F)ccc1-c1sc2c(C=N)c(NPI)ccc2c1OC1=CC=C(COCCO)CC1. The number of allylic oxidation sites excluding steroid dienone is 3. The summed E-state index contributed by atoms with van der Waals surface area (Å²) in [6.45, 7) is 1.39. The van der Waals surface area contributed by atoms with Gasteiger partial charge in [-0.05, 0) is 64.4 Å². The van der Waals surface area contributed by atoms with E-state index in [0.29, 0.717) is 53.2 Å². The number of hydrogen-bond donors (Lipinski definition) is 3. The van der Waals surface area contributed by atoms with Crippen LogP contribution in [0.5, 0.6) is 5.75 Å². The summed E-state index contributed by atoms with van der Waals surface area (Å²) < 4.78 is 55.8. The van der Waals surface area contributed by atoms with E-state index >= 15 is 0 Å². The van der Waals surface area contributed by atoms with Crippen molar-refractivity contribution in [3.05, 3.63) is 70.8 Å². The summed E-state index contributed by atoms with van der Waals surface area (Å²) in [5, 5.41) is 20.9. The van der Waals surface area contributed by atoms with Crippen molar-refractivity contribution in [2.24, 2.45) is 0 Å². The fourth-order valence-corrected chi connectivity index (χ4v) is 6.56. The summed E-state index contributed by atoms with van der Waals surface area (Å²) in [6.07, 6.45) is 6.64. The van der Waals surface area contributed by atoms with Gasteiger partial charge in [-0.1, -0.05) is 12.1 Å². The zero-order valence-electron chi connectivity index (χ0n) is 19.8. The Morgan fingerprint density at radius 1 is 1.24 bits per heavy atom. The van der Waals surface area contributed by atoms with Crippen LogP contribution in [0.15, 0.2) is 53.8 Å². The molecule has 5 nitrogen and oxygen atoms in total. The van der Waals surface area contributed by atoms with Crippen LogP contribution in [0, 0.1) is 11.2 Å². The van der Waals surface area contributed by atoms with Gasteiger partial charge in [-0.25, -0.2) is 13.2 Å². The van der Waals surface area contributed by atoms with Crippen LogP contribution in [-0.2, 0) is 10.7 Å². The maximum atomic E-state index is 14.6. The number of nitrogens with one attached hydrogen (secondary N) is 2. The van der Waals surface area contributed by atoms with Gasteiger partial charge in [0.15, 0.2) is 5.75 Å². The predicted octanol–water partition coefficient (Wildman–Crippen LogP) is 8.16. The average Bonchev–Trinajstić information content (AvgIpc) is 3.23. The topological polar surface area (TPSA) is 74.6 Å². The van der Waals surface area contributed by atoms with Gasteiger partial charge in [0.1, 0.15) is 11.6 Å². The van der Waals surface area contributed by atoms with Gasteiger partial charge >= 0.3 is 0 Å². The highest BCUT2D eigenvalue weighted by Crippen LogP contribution is 2.50. The van der Waals surface area contributed by atoms with Crippen molar-refractivity contribution in [3.63, 3.8) is 0 Å². The number of aliphatic hydroxyl groups excluding tert-OH is 1. The average molecular weight is 660 g/mol. The van der Waals surface area contributed by atoms with E-state index in [1.54, 1.807) is 0 Å². The van der Waals surface area contributed by atoms with Crippen LogP contribution in [0.4, 0.5) is 18.9 Å². The zero-order chi connectivity index (χ0) is 26.6. The third-order valence-electron chi connectivity index (χ3n) is 5.83. The van der Waals surface area contributed by atoms with E-state index in [0.717, 1.165) is 29.0 Å². The lowest BCUT2D eigenvalue weighted by molar-refractivity contribution is 0.0178. The van der Waals surface area contributed by atoms with Gasteiger partial charge in [-0.3, -0.25) is 0 Å². The number of halogens is 4. The molecule has 1 unspecified atom stereocenters. The second-order valence-electron chi connectivity index (χ2n) is 8.44. The van der Waals surface area contributed by atoms with Crippen LogP contribution in [0.25, 0.3) is 20.5 Å². The molecule has 0 bridgehead atoms. The molecule has 4 rings (SSSR count). The molecule has 0 spiro atoms. The van der Waals surface area contributed by atoms with E-state index in [1.165, 1.54) is 29.7 Å². The second kappa shape index (κ2) is 12.3. The van der Waals surface area contributed by atoms with Crippen molar-refractivity contribution in [2.75, 3.05) is 24.9 Å². The summed E-state index contributed by atoms with van der Waals surface area (Å²) in [4.78, 5) is 0.450. The third-order valence-corrected chi connectivity index (χ3v) is 8.26. The molecule has 2 aromatic carbocycles. The first kappa shape index (κ1) is 28.0. The zero-order valence-corrected chi connectivity index (χ0v) is 23.8. The van der Waals surface area contributed by atoms with Gasteiger partial charge in [-0.15, -0.1) is 11.3 Å². The Morgan fingerprint density at radius 2 is 2.05 bits per heavy atom. The summed E-state index contributed by atoms with van der Waals surface area (Å²) in [5.41, 5.74) is 2.23. The molecule has 0 aliphatic heterocycles. The molecule has 1 aliphatic carbocycles. The normalized spacial score (nSPS) is 14.2. The molecule has 1 atom stereocenters. The summed E-state index contributed by atoms with van der Waals surface area (Å²) >= 11 is 3.45. The van der Waals surface area contributed by atoms with Gasteiger partial charge in [0.2, 0.25) is 0 Å². The molecule has 3 aromatic rings. The van der Waals surface area contributed by atoms with Crippen LogP contribution < -0.4 is 9.82 Å². The number of alkyl halides is 2. The van der Waals surface area contributed by atoms with Gasteiger partial charge in [0, 0.05) is 58.4 Å². The van der Waals surface area contributed by atoms with Gasteiger partial charge in [-0.2, -0.15) is 0 Å². The van der Waals surface area contributed by atoms with E-state index in [1.807, 2.05) is 24.3 Å². The fourth-order valence-electron chi connectivity index (χ4n) is 4.08. The third kappa shape index (κ3) is 6.37. The lowest BCUT2D eigenvalue weighted by atomic mass is 9.99. The Kier molecular flexibility index (Phi) is 9.29. The quantitative estimate of drug-likeness (QED) is 0.0840. The molecule has 3 N–H and O–H groups in total. The molecule has 1 aliphatic rings. The Morgan fingerprint density at radius 3 is 2.70 bits per heavy atom. The van der Waals surface area contributed by atoms with Crippen LogP contribution in [0.2, 0.25) is 0 Å². The molecule has 11 heteroatoms. The minimum absolute atomic E-state index is 0.0408. The summed E-state index contributed by atoms with van der Waals surface area (Å²) in [6, 6.07) is 7.11. The van der Waals surface area contributed by atoms with E-state index in [9.17, 15) is 13.2 Å². The van der Waals surface area contributed by atoms with Crippen LogP contribution in [0.3, 0.4) is 0 Å². The van der Waals surface area contributed by atoms with Crippen molar-refractivity contribution in [1.82, 2.24) is 0 Å². The van der Waals surface area contributed by atoms with E-state index in [-0.39, 0.29) is 18.8 Å². The number of benzene rings is 2. The molecule has 0 saturated heterocycles. The molecule has 0 radical (unpaired) electrons. The first-order chi connectivity index (χ1) is 17.8. The number of rotatable bonds is 11. The molecular formula is C26H25F3IN2O3PS. The Balaban J connectivity index is 1.86. The van der Waals surface area contributed by atoms with Gasteiger partial charge < -0.3 is 25.1 Å². The van der Waals surface area contributed by atoms with Crippen molar-refractivity contribution in [1.29, 1.82) is 5.41 Å². The van der Waals surface area contributed by atoms with Gasteiger partial charge in [0.05, 0.1) is 24.7 Å². The second-order valence-corrected chi connectivity index (χ2v) is 11.5. The minimum atomic E-state index is -3.28. The van der Waals surface area contributed by atoms with Gasteiger partial charge in [0.25, 0.3) is 5.92 Å². The Labute approximate surface area is 231 Å². The smallest absolute Gasteiger partial charge is 0.271 e. The van der Waals surface area contributed by atoms with Crippen LogP contribution >= 0.6 is 39.8 Å². The highest BCUT2D eigenvalue weighted by molar-refractivity contribution is 14.2. The molecular weight excluding hydrogens is 635 g/mol. The molecule has 1 aromatic heterocycles. The van der Waals surface area contributed by atoms with Crippen molar-refractivity contribution >= 4 is 61.7 Å². The number of anilines is 1. The van der Waals surface area contributed by atoms with Crippen molar-refractivity contribution in [3.8, 4) is 16.2 Å². The van der Waals surface area contributed by atoms with Crippen LogP contribution in [-0.4, -0.2) is 31.1 Å². The number of thiophene rings is 1. The van der Waals surface area contributed by atoms with E-state index in [2.05, 4.69) is 27.1 Å². The van der Waals surface area contributed by atoms with Crippen LogP contribution in [0.1, 0.15) is 30.9 Å². The maximum absolute atomic E-state index is 14.6. The lowest BCUT2D eigenvalue weighted by Crippen LogP contribution is -2.10. The molecule has 196 valence electrons. The largest absolute Gasteiger partial charge is 0.460 e. The number of hydrogen-bond acceptors (Lipinski definition) is 6. The van der Waals surface area contributed by atoms with Crippen molar-refractivity contribution < 1.29 is 27.8 Å². The monoisotopic (exact) mass is 660 g/mol. The highest BCUT2D eigenvalue weighted by atomic mass is 127. The maximum Gasteiger partial charge on any atom is 0.271 e. The number of aliphatic hydroxyl groups is 1. The first-order valence-electron chi connectivity index (χ1n) is 11.4. The molecule has 0 saturated carbocycles. The Bertz CT molecular complexity index is 1370. The minimum Gasteiger partial charge on any atom is -0.460 e. The number of ether oxygens (including phenoxy) is 2. The summed E-state index contributed by atoms with van der Waals surface area (Å²) in [5.74, 6) is -2.95. The van der Waals surface area contributed by atoms with Crippen molar-refractivity contribution in [2.45, 2.75) is 25.7 Å². The van der Waals surface area contributed by atoms with E-state index < -0.39 is 17.3 Å². The molecule has 0 amide bonds. The molecule has 0 fully saturated rings. The number of fused-ring (bicyclic) bond motifs is 1. The summed E-state index contributed by atoms with van der Waals surface area (Å²) in [7, 11) is 0. The Hall–Kier alpha value is -1.98.